The Morgan fingerprint density at radius 2 is 1.77 bits per heavy atom. The molecule has 4 rings (SSSR count). The highest BCUT2D eigenvalue weighted by Gasteiger charge is 2.28. The maximum absolute atomic E-state index is 5.76. The monoisotopic (exact) mass is 432 g/mol. The van der Waals surface area contributed by atoms with E-state index in [2.05, 4.69) is 30.0 Å². The van der Waals surface area contributed by atoms with Crippen molar-refractivity contribution in [2.24, 2.45) is 16.8 Å². The van der Waals surface area contributed by atoms with Crippen LogP contribution in [-0.2, 0) is 11.3 Å². The van der Waals surface area contributed by atoms with E-state index in [9.17, 15) is 0 Å². The summed E-state index contributed by atoms with van der Waals surface area (Å²) in [6, 6.07) is 0. The summed E-state index contributed by atoms with van der Waals surface area (Å²) in [7, 11) is 1.92. The van der Waals surface area contributed by atoms with Gasteiger partial charge in [-0.3, -0.25) is 14.8 Å². The number of aliphatic imine (C=N–C) groups is 1. The highest BCUT2D eigenvalue weighted by Crippen LogP contribution is 2.21. The topological polar surface area (TPSA) is 69.4 Å². The molecule has 4 heterocycles. The van der Waals surface area contributed by atoms with Crippen LogP contribution in [0.4, 0.5) is 0 Å². The van der Waals surface area contributed by atoms with Crippen LogP contribution in [0.15, 0.2) is 9.41 Å². The Bertz CT molecular complexity index is 702. The zero-order chi connectivity index (χ0) is 21.6. The van der Waals surface area contributed by atoms with E-state index in [0.29, 0.717) is 5.92 Å². The molecule has 3 fully saturated rings. The van der Waals surface area contributed by atoms with Gasteiger partial charge in [0.15, 0.2) is 5.96 Å². The first kappa shape index (κ1) is 22.6. The summed E-state index contributed by atoms with van der Waals surface area (Å²) in [5.74, 6) is 4.31. The van der Waals surface area contributed by atoms with Gasteiger partial charge in [0.1, 0.15) is 5.76 Å². The molecule has 8 heteroatoms. The minimum atomic E-state index is 0.702. The molecule has 0 bridgehead atoms. The van der Waals surface area contributed by atoms with Gasteiger partial charge in [-0.05, 0) is 58.0 Å². The van der Waals surface area contributed by atoms with Crippen molar-refractivity contribution in [3.63, 3.8) is 0 Å². The van der Waals surface area contributed by atoms with Crippen molar-refractivity contribution in [1.29, 1.82) is 0 Å². The van der Waals surface area contributed by atoms with Gasteiger partial charge in [-0.2, -0.15) is 0 Å². The molecule has 1 unspecified atom stereocenters. The summed E-state index contributed by atoms with van der Waals surface area (Å²) < 4.78 is 11.2. The number of hydrogen-bond donors (Lipinski definition) is 1. The average Bonchev–Trinajstić information content (AvgIpc) is 3.36. The zero-order valence-electron chi connectivity index (χ0n) is 19.6. The van der Waals surface area contributed by atoms with E-state index < -0.39 is 0 Å². The molecular weight excluding hydrogens is 392 g/mol. The molecule has 1 atom stereocenters. The minimum absolute atomic E-state index is 0.702. The van der Waals surface area contributed by atoms with Gasteiger partial charge in [-0.1, -0.05) is 0 Å². The summed E-state index contributed by atoms with van der Waals surface area (Å²) >= 11 is 0. The number of oxazole rings is 1. The van der Waals surface area contributed by atoms with E-state index in [0.717, 1.165) is 94.8 Å². The van der Waals surface area contributed by atoms with Crippen LogP contribution < -0.4 is 5.32 Å². The fourth-order valence-electron chi connectivity index (χ4n) is 5.04. The Kier molecular flexibility index (Phi) is 7.85. The molecule has 3 aliphatic heterocycles. The summed E-state index contributed by atoms with van der Waals surface area (Å²) in [6.45, 7) is 15.4. The van der Waals surface area contributed by atoms with Crippen molar-refractivity contribution in [3.05, 3.63) is 17.3 Å². The van der Waals surface area contributed by atoms with Gasteiger partial charge in [-0.15, -0.1) is 0 Å². The molecule has 0 spiro atoms. The summed E-state index contributed by atoms with van der Waals surface area (Å²) in [5, 5.41) is 3.67. The third-order valence-corrected chi connectivity index (χ3v) is 7.10. The van der Waals surface area contributed by atoms with Crippen molar-refractivity contribution in [3.8, 4) is 0 Å². The molecule has 1 aromatic rings. The van der Waals surface area contributed by atoms with Gasteiger partial charge in [0.05, 0.1) is 25.5 Å². The number of ether oxygens (including phenoxy) is 1. The maximum atomic E-state index is 5.76. The van der Waals surface area contributed by atoms with Crippen molar-refractivity contribution in [2.45, 2.75) is 39.7 Å². The molecular formula is C23H40N6O2. The van der Waals surface area contributed by atoms with Crippen LogP contribution in [0, 0.1) is 25.7 Å². The predicted molar refractivity (Wildman–Crippen MR) is 122 cm³/mol. The van der Waals surface area contributed by atoms with E-state index >= 15 is 0 Å². The largest absolute Gasteiger partial charge is 0.444 e. The van der Waals surface area contributed by atoms with Crippen LogP contribution in [-0.4, -0.2) is 98.3 Å². The molecule has 1 N–H and O–H groups in total. The standard InChI is InChI=1S/C23H40N6O2/c1-18-19(2)31-22(26-18)17-27-7-4-20(5-8-27)14-25-23(24-3)29-9-6-21(16-29)15-28-10-12-30-13-11-28/h20-21H,4-17H2,1-3H3,(H,24,25). The zero-order valence-corrected chi connectivity index (χ0v) is 19.6. The van der Waals surface area contributed by atoms with E-state index in [4.69, 9.17) is 9.15 Å². The minimum Gasteiger partial charge on any atom is -0.444 e. The summed E-state index contributed by atoms with van der Waals surface area (Å²) in [4.78, 5) is 16.6. The normalized spacial score (nSPS) is 24.8. The third-order valence-electron chi connectivity index (χ3n) is 7.10. The number of piperidine rings is 1. The van der Waals surface area contributed by atoms with Gasteiger partial charge in [0.25, 0.3) is 0 Å². The fraction of sp³-hybridized carbons (Fsp3) is 0.826. The smallest absolute Gasteiger partial charge is 0.208 e. The lowest BCUT2D eigenvalue weighted by molar-refractivity contribution is 0.0315. The van der Waals surface area contributed by atoms with Gasteiger partial charge >= 0.3 is 0 Å². The number of likely N-dealkylation sites (tertiary alicyclic amines) is 2. The highest BCUT2D eigenvalue weighted by atomic mass is 16.5. The van der Waals surface area contributed by atoms with E-state index in [-0.39, 0.29) is 0 Å². The molecule has 0 radical (unpaired) electrons. The molecule has 8 nitrogen and oxygen atoms in total. The van der Waals surface area contributed by atoms with E-state index in [1.807, 2.05) is 20.9 Å². The Balaban J connectivity index is 1.16. The van der Waals surface area contributed by atoms with Gasteiger partial charge in [-0.25, -0.2) is 4.98 Å². The Hall–Kier alpha value is -1.64. The number of rotatable bonds is 6. The van der Waals surface area contributed by atoms with Gasteiger partial charge in [0, 0.05) is 46.3 Å². The lowest BCUT2D eigenvalue weighted by Crippen LogP contribution is -2.45. The number of nitrogens with zero attached hydrogens (tertiary/aromatic N) is 5. The molecule has 31 heavy (non-hydrogen) atoms. The van der Waals surface area contributed by atoms with Gasteiger partial charge < -0.3 is 19.4 Å². The van der Waals surface area contributed by atoms with Crippen LogP contribution in [0.5, 0.6) is 0 Å². The van der Waals surface area contributed by atoms with Crippen molar-refractivity contribution < 1.29 is 9.15 Å². The third kappa shape index (κ3) is 6.20. The van der Waals surface area contributed by atoms with Gasteiger partial charge in [0.2, 0.25) is 5.89 Å². The number of aromatic nitrogens is 1. The second-order valence-electron chi connectivity index (χ2n) is 9.41. The quantitative estimate of drug-likeness (QED) is 0.542. The average molecular weight is 433 g/mol. The van der Waals surface area contributed by atoms with E-state index in [1.54, 1.807) is 0 Å². The number of guanidine groups is 1. The number of aryl methyl sites for hydroxylation is 2. The number of hydrogen-bond acceptors (Lipinski definition) is 6. The second kappa shape index (κ2) is 10.8. The first-order valence-corrected chi connectivity index (χ1v) is 12.0. The van der Waals surface area contributed by atoms with E-state index in [1.165, 1.54) is 25.8 Å². The van der Waals surface area contributed by atoms with Crippen molar-refractivity contribution in [2.75, 3.05) is 72.6 Å². The Morgan fingerprint density at radius 1 is 1.03 bits per heavy atom. The number of morpholine rings is 1. The molecule has 0 aromatic carbocycles. The number of nitrogens with one attached hydrogen (secondary N) is 1. The summed E-state index contributed by atoms with van der Waals surface area (Å²) in [6.07, 6.45) is 3.68. The van der Waals surface area contributed by atoms with Crippen LogP contribution in [0.25, 0.3) is 0 Å². The maximum Gasteiger partial charge on any atom is 0.208 e. The van der Waals surface area contributed by atoms with Crippen LogP contribution in [0.1, 0.15) is 36.6 Å². The van der Waals surface area contributed by atoms with Crippen LogP contribution in [0.2, 0.25) is 0 Å². The molecule has 0 amide bonds. The first-order chi connectivity index (χ1) is 15.1. The van der Waals surface area contributed by atoms with Crippen LogP contribution >= 0.6 is 0 Å². The van der Waals surface area contributed by atoms with Crippen LogP contribution in [0.3, 0.4) is 0 Å². The SMILES string of the molecule is CN=C(NCC1CCN(Cc2nc(C)c(C)o2)CC1)N1CCC(CN2CCOCC2)C1. The molecule has 0 aliphatic carbocycles. The summed E-state index contributed by atoms with van der Waals surface area (Å²) in [5.41, 5.74) is 1.01. The lowest BCUT2D eigenvalue weighted by Gasteiger charge is -2.32. The molecule has 174 valence electrons. The highest BCUT2D eigenvalue weighted by molar-refractivity contribution is 5.80. The second-order valence-corrected chi connectivity index (χ2v) is 9.41. The molecule has 3 aliphatic rings. The van der Waals surface area contributed by atoms with Crippen molar-refractivity contribution >= 4 is 5.96 Å². The Labute approximate surface area is 187 Å². The predicted octanol–water partition coefficient (Wildman–Crippen LogP) is 1.73. The molecule has 1 aromatic heterocycles. The van der Waals surface area contributed by atoms with Crippen molar-refractivity contribution in [1.82, 2.24) is 25.0 Å². The molecule has 3 saturated heterocycles. The molecule has 0 saturated carbocycles. The first-order valence-electron chi connectivity index (χ1n) is 12.0. The fourth-order valence-corrected chi connectivity index (χ4v) is 5.04. The lowest BCUT2D eigenvalue weighted by atomic mass is 9.97. The Morgan fingerprint density at radius 3 is 2.45 bits per heavy atom.